The van der Waals surface area contributed by atoms with Gasteiger partial charge in [-0.1, -0.05) is 48.8 Å². The number of halogens is 2. The van der Waals surface area contributed by atoms with Crippen LogP contribution in [0.2, 0.25) is 0 Å². The highest BCUT2D eigenvalue weighted by Gasteiger charge is 2.29. The number of hydrogen-bond acceptors (Lipinski definition) is 4. The van der Waals surface area contributed by atoms with E-state index in [0.29, 0.717) is 43.5 Å². The fraction of sp³-hybridized carbons (Fsp3) is 0.250. The molecule has 1 aliphatic rings. The molecule has 0 aliphatic carbocycles. The first-order valence-electron chi connectivity index (χ1n) is 15.8. The monoisotopic (exact) mass is 628 g/mol. The van der Waals surface area contributed by atoms with Crippen molar-refractivity contribution in [3.63, 3.8) is 0 Å². The first kappa shape index (κ1) is 33.2. The van der Waals surface area contributed by atoms with Crippen LogP contribution < -0.4 is 0 Å². The number of carbonyl (C=O) groups excluding carboxylic acids is 1. The molecular weight excluding hydrogens is 590 g/mol. The Morgan fingerprint density at radius 2 is 1.81 bits per heavy atom. The number of benzene rings is 2. The lowest BCUT2D eigenvalue weighted by atomic mass is 9.86. The standard InChI is InChI=1S/C40H38F2N4O/c1-28-10-7-8-15-38(28)45-39(29(2)16-17-31-12-9-13-34(41)24-31)33-19-22-46(23-20-33)40(47)37-18-21-44-30(3)36(37)14-6-4-5-11-32-25-35(42)27-43-26-32/h6-10,12-15,18,21,24-27,33H,2,11,16-17,19-20,22-23H2,1,3H3/b14-6-,45-39?. The fourth-order valence-electron chi connectivity index (χ4n) is 5.78. The van der Waals surface area contributed by atoms with E-state index in [9.17, 15) is 13.6 Å². The lowest BCUT2D eigenvalue weighted by molar-refractivity contribution is 0.0709. The van der Waals surface area contributed by atoms with Crippen LogP contribution in [0.4, 0.5) is 14.5 Å². The summed E-state index contributed by atoms with van der Waals surface area (Å²) in [7, 11) is 0. The molecule has 0 spiro atoms. The summed E-state index contributed by atoms with van der Waals surface area (Å²) in [4.78, 5) is 29.1. The predicted octanol–water partition coefficient (Wildman–Crippen LogP) is 8.44. The second-order valence-electron chi connectivity index (χ2n) is 11.8. The number of nitrogens with zero attached hydrogens (tertiary/aromatic N) is 4. The first-order valence-corrected chi connectivity index (χ1v) is 15.8. The van der Waals surface area contributed by atoms with Gasteiger partial charge in [0.05, 0.1) is 17.4 Å². The average Bonchev–Trinajstić information content (AvgIpc) is 3.07. The topological polar surface area (TPSA) is 58.5 Å². The maximum Gasteiger partial charge on any atom is 0.254 e. The molecule has 5 rings (SSSR count). The maximum absolute atomic E-state index is 13.8. The Balaban J connectivity index is 1.28. The smallest absolute Gasteiger partial charge is 0.254 e. The number of para-hydroxylation sites is 1. The van der Waals surface area contributed by atoms with Crippen molar-refractivity contribution in [2.75, 3.05) is 13.1 Å². The van der Waals surface area contributed by atoms with E-state index in [1.54, 1.807) is 36.7 Å². The van der Waals surface area contributed by atoms with Crippen LogP contribution in [-0.2, 0) is 12.8 Å². The Kier molecular flexibility index (Phi) is 11.2. The zero-order chi connectivity index (χ0) is 33.2. The van der Waals surface area contributed by atoms with E-state index in [-0.39, 0.29) is 17.6 Å². The van der Waals surface area contributed by atoms with Crippen LogP contribution in [0.15, 0.2) is 102 Å². The summed E-state index contributed by atoms with van der Waals surface area (Å²) in [5.41, 5.74) is 7.56. The minimum absolute atomic E-state index is 0.0466. The molecule has 0 saturated carbocycles. The fourth-order valence-corrected chi connectivity index (χ4v) is 5.78. The second-order valence-corrected chi connectivity index (χ2v) is 11.8. The van der Waals surface area contributed by atoms with Gasteiger partial charge < -0.3 is 4.90 Å². The Morgan fingerprint density at radius 1 is 1.02 bits per heavy atom. The molecule has 1 amide bonds. The van der Waals surface area contributed by atoms with E-state index in [1.165, 1.54) is 12.1 Å². The highest BCUT2D eigenvalue weighted by atomic mass is 19.1. The molecule has 2 aromatic carbocycles. The minimum Gasteiger partial charge on any atom is -0.339 e. The molecule has 7 heteroatoms. The maximum atomic E-state index is 13.8. The number of hydrogen-bond donors (Lipinski definition) is 0. The van der Waals surface area contributed by atoms with Gasteiger partial charge in [0.1, 0.15) is 11.6 Å². The lowest BCUT2D eigenvalue weighted by Gasteiger charge is -2.33. The van der Waals surface area contributed by atoms with E-state index < -0.39 is 5.82 Å². The van der Waals surface area contributed by atoms with Gasteiger partial charge >= 0.3 is 0 Å². The Morgan fingerprint density at radius 3 is 2.57 bits per heavy atom. The van der Waals surface area contributed by atoms with Crippen molar-refractivity contribution in [2.45, 2.75) is 46.0 Å². The van der Waals surface area contributed by atoms with Gasteiger partial charge in [-0.2, -0.15) is 0 Å². The highest BCUT2D eigenvalue weighted by Crippen LogP contribution is 2.29. The Hall–Kier alpha value is -5.22. The van der Waals surface area contributed by atoms with Crippen LogP contribution in [0.3, 0.4) is 0 Å². The van der Waals surface area contributed by atoms with E-state index in [0.717, 1.165) is 58.4 Å². The van der Waals surface area contributed by atoms with E-state index in [4.69, 9.17) is 4.99 Å². The van der Waals surface area contributed by atoms with Crippen molar-refractivity contribution in [3.8, 4) is 11.8 Å². The molecule has 3 heterocycles. The van der Waals surface area contributed by atoms with E-state index in [1.807, 2.05) is 55.2 Å². The number of likely N-dealkylation sites (tertiary alicyclic amines) is 1. The third-order valence-corrected chi connectivity index (χ3v) is 8.40. The number of aryl methyl sites for hydroxylation is 3. The van der Waals surface area contributed by atoms with E-state index >= 15 is 0 Å². The van der Waals surface area contributed by atoms with Gasteiger partial charge in [-0.3, -0.25) is 19.8 Å². The first-order chi connectivity index (χ1) is 22.8. The molecule has 0 N–H and O–H groups in total. The average molecular weight is 629 g/mol. The number of aliphatic imine (C=N–C) groups is 1. The van der Waals surface area contributed by atoms with Crippen LogP contribution >= 0.6 is 0 Å². The van der Waals surface area contributed by atoms with Crippen molar-refractivity contribution < 1.29 is 13.6 Å². The number of aromatic nitrogens is 2. The van der Waals surface area contributed by atoms with Crippen LogP contribution in [0.25, 0.3) is 6.08 Å². The zero-order valence-corrected chi connectivity index (χ0v) is 26.8. The van der Waals surface area contributed by atoms with Crippen LogP contribution in [0.1, 0.15) is 57.6 Å². The summed E-state index contributed by atoms with van der Waals surface area (Å²) in [6, 6.07) is 17.9. The number of rotatable bonds is 9. The summed E-state index contributed by atoms with van der Waals surface area (Å²) in [6.07, 6.45) is 11.1. The molecule has 5 nitrogen and oxygen atoms in total. The van der Waals surface area contributed by atoms with Gasteiger partial charge in [0.25, 0.3) is 5.91 Å². The molecule has 0 unspecified atom stereocenters. The van der Waals surface area contributed by atoms with Crippen molar-refractivity contribution in [1.29, 1.82) is 0 Å². The largest absolute Gasteiger partial charge is 0.339 e. The van der Waals surface area contributed by atoms with Gasteiger partial charge in [0.2, 0.25) is 0 Å². The summed E-state index contributed by atoms with van der Waals surface area (Å²) >= 11 is 0. The van der Waals surface area contributed by atoms with Gasteiger partial charge in [-0.25, -0.2) is 8.78 Å². The molecular formula is C40H38F2N4O. The summed E-state index contributed by atoms with van der Waals surface area (Å²) in [5, 5.41) is 0. The van der Waals surface area contributed by atoms with Crippen molar-refractivity contribution in [2.24, 2.45) is 10.9 Å². The van der Waals surface area contributed by atoms with Gasteiger partial charge in [0, 0.05) is 54.8 Å². The van der Waals surface area contributed by atoms with Crippen LogP contribution in [0, 0.1) is 43.2 Å². The molecule has 0 radical (unpaired) electrons. The molecule has 1 aliphatic heterocycles. The van der Waals surface area contributed by atoms with Crippen molar-refractivity contribution in [1.82, 2.24) is 14.9 Å². The molecule has 1 fully saturated rings. The summed E-state index contributed by atoms with van der Waals surface area (Å²) < 4.78 is 27.2. The van der Waals surface area contributed by atoms with Gasteiger partial charge in [-0.05, 0) is 104 Å². The molecule has 2 aromatic heterocycles. The second kappa shape index (κ2) is 15.9. The van der Waals surface area contributed by atoms with Gasteiger partial charge in [-0.15, -0.1) is 0 Å². The summed E-state index contributed by atoms with van der Waals surface area (Å²) in [6.45, 7) is 9.51. The highest BCUT2D eigenvalue weighted by molar-refractivity contribution is 6.03. The molecule has 238 valence electrons. The lowest BCUT2D eigenvalue weighted by Crippen LogP contribution is -2.40. The van der Waals surface area contributed by atoms with Gasteiger partial charge in [0.15, 0.2) is 0 Å². The van der Waals surface area contributed by atoms with E-state index in [2.05, 4.69) is 28.4 Å². The molecule has 4 aromatic rings. The molecule has 47 heavy (non-hydrogen) atoms. The normalized spacial score (nSPS) is 13.8. The third kappa shape index (κ3) is 8.95. The van der Waals surface area contributed by atoms with Crippen molar-refractivity contribution in [3.05, 3.63) is 143 Å². The Bertz CT molecular complexity index is 1880. The van der Waals surface area contributed by atoms with Crippen molar-refractivity contribution >= 4 is 23.4 Å². The quantitative estimate of drug-likeness (QED) is 0.138. The molecule has 0 bridgehead atoms. The zero-order valence-electron chi connectivity index (χ0n) is 26.8. The van der Waals surface area contributed by atoms with Crippen LogP contribution in [0.5, 0.6) is 0 Å². The summed E-state index contributed by atoms with van der Waals surface area (Å²) in [5.74, 6) is 5.44. The Labute approximate surface area is 275 Å². The number of piperidine rings is 1. The number of pyridine rings is 2. The number of carbonyl (C=O) groups is 1. The SMILES string of the molecule is C=C(CCc1cccc(F)c1)C(=Nc1ccccc1C)C1CCN(C(=O)c2ccnc(C)c2/C=C\C#CCc2cncc(F)c2)CC1. The predicted molar refractivity (Wildman–Crippen MR) is 184 cm³/mol. The number of amides is 1. The third-order valence-electron chi connectivity index (χ3n) is 8.40. The van der Waals surface area contributed by atoms with Crippen LogP contribution in [-0.4, -0.2) is 39.6 Å². The number of allylic oxidation sites excluding steroid dienone is 2. The molecule has 0 atom stereocenters. The molecule has 1 saturated heterocycles. The minimum atomic E-state index is -0.390.